The quantitative estimate of drug-likeness (QED) is 0.792. The maximum absolute atomic E-state index is 12.0. The molecule has 0 bridgehead atoms. The van der Waals surface area contributed by atoms with Gasteiger partial charge < -0.3 is 10.6 Å². The van der Waals surface area contributed by atoms with Crippen molar-refractivity contribution in [2.24, 2.45) is 5.92 Å². The van der Waals surface area contributed by atoms with Gasteiger partial charge in [-0.25, -0.2) is 0 Å². The normalized spacial score (nSPS) is 17.6. The number of aromatic nitrogens is 2. The lowest BCUT2D eigenvalue weighted by Crippen LogP contribution is -2.25. The van der Waals surface area contributed by atoms with Crippen molar-refractivity contribution in [1.82, 2.24) is 20.8 Å². The molecule has 1 atom stereocenters. The summed E-state index contributed by atoms with van der Waals surface area (Å²) < 4.78 is 0. The molecule has 22 heavy (non-hydrogen) atoms. The fourth-order valence-corrected chi connectivity index (χ4v) is 2.85. The van der Waals surface area contributed by atoms with Crippen molar-refractivity contribution in [1.29, 1.82) is 0 Å². The minimum absolute atomic E-state index is 0.0944. The highest BCUT2D eigenvalue weighted by molar-refractivity contribution is 6.30. The third kappa shape index (κ3) is 3.67. The van der Waals surface area contributed by atoms with Crippen LogP contribution < -0.4 is 10.6 Å². The molecule has 1 unspecified atom stereocenters. The lowest BCUT2D eigenvalue weighted by atomic mass is 10.0. The van der Waals surface area contributed by atoms with Crippen molar-refractivity contribution in [3.05, 3.63) is 41.0 Å². The van der Waals surface area contributed by atoms with E-state index in [0.29, 0.717) is 23.9 Å². The molecule has 3 rings (SSSR count). The Morgan fingerprint density at radius 2 is 2.18 bits per heavy atom. The van der Waals surface area contributed by atoms with E-state index in [1.54, 1.807) is 6.20 Å². The summed E-state index contributed by atoms with van der Waals surface area (Å²) >= 11 is 5.91. The van der Waals surface area contributed by atoms with Gasteiger partial charge in [0.25, 0.3) is 0 Å². The number of aromatic amines is 1. The monoisotopic (exact) mass is 318 g/mol. The maximum Gasteiger partial charge on any atom is 0.220 e. The summed E-state index contributed by atoms with van der Waals surface area (Å²) in [6, 6.07) is 7.55. The highest BCUT2D eigenvalue weighted by Gasteiger charge is 2.18. The molecule has 0 aliphatic carbocycles. The van der Waals surface area contributed by atoms with E-state index < -0.39 is 0 Å². The Balaban J connectivity index is 1.60. The Morgan fingerprint density at radius 3 is 2.91 bits per heavy atom. The predicted molar refractivity (Wildman–Crippen MR) is 86.5 cm³/mol. The van der Waals surface area contributed by atoms with Gasteiger partial charge in [-0.3, -0.25) is 9.89 Å². The summed E-state index contributed by atoms with van der Waals surface area (Å²) in [7, 11) is 0. The molecule has 2 heterocycles. The van der Waals surface area contributed by atoms with Gasteiger partial charge in [0.2, 0.25) is 5.91 Å². The van der Waals surface area contributed by atoms with Crippen LogP contribution in [0.25, 0.3) is 11.3 Å². The summed E-state index contributed by atoms with van der Waals surface area (Å²) in [6.45, 7) is 2.43. The molecule has 1 amide bonds. The zero-order valence-corrected chi connectivity index (χ0v) is 13.0. The lowest BCUT2D eigenvalue weighted by molar-refractivity contribution is -0.122. The molecule has 6 heteroatoms. The van der Waals surface area contributed by atoms with Crippen molar-refractivity contribution in [2.75, 3.05) is 13.1 Å². The second kappa shape index (κ2) is 6.94. The van der Waals surface area contributed by atoms with Crippen LogP contribution in [-0.2, 0) is 11.3 Å². The van der Waals surface area contributed by atoms with Gasteiger partial charge in [-0.1, -0.05) is 23.7 Å². The molecule has 116 valence electrons. The van der Waals surface area contributed by atoms with E-state index in [4.69, 9.17) is 11.6 Å². The van der Waals surface area contributed by atoms with Crippen LogP contribution in [0.15, 0.2) is 30.5 Å². The van der Waals surface area contributed by atoms with Crippen LogP contribution in [-0.4, -0.2) is 29.2 Å². The molecule has 1 fully saturated rings. The molecule has 1 aromatic heterocycles. The smallest absolute Gasteiger partial charge is 0.220 e. The second-order valence-corrected chi connectivity index (χ2v) is 6.05. The van der Waals surface area contributed by atoms with Crippen molar-refractivity contribution in [3.8, 4) is 11.3 Å². The van der Waals surface area contributed by atoms with Crippen molar-refractivity contribution < 1.29 is 4.79 Å². The molecular weight excluding hydrogens is 300 g/mol. The number of halogens is 1. The predicted octanol–water partition coefficient (Wildman–Crippen LogP) is 2.35. The van der Waals surface area contributed by atoms with Crippen molar-refractivity contribution in [2.45, 2.75) is 19.4 Å². The fraction of sp³-hybridized carbons (Fsp3) is 0.375. The molecular formula is C16H19ClN4O. The number of hydrogen-bond acceptors (Lipinski definition) is 3. The van der Waals surface area contributed by atoms with Crippen molar-refractivity contribution in [3.63, 3.8) is 0 Å². The number of nitrogens with zero attached hydrogens (tertiary/aromatic N) is 1. The van der Waals surface area contributed by atoms with Gasteiger partial charge in [0.05, 0.1) is 11.9 Å². The van der Waals surface area contributed by atoms with Gasteiger partial charge in [-0.15, -0.1) is 0 Å². The standard InChI is InChI=1S/C16H19ClN4O/c17-14-3-1-12(2-4-14)16-13(10-20-21-16)9-19-15(22)7-11-5-6-18-8-11/h1-4,10-11,18H,5-9H2,(H,19,22)(H,20,21). The molecule has 1 aromatic carbocycles. The van der Waals surface area contributed by atoms with E-state index in [-0.39, 0.29) is 5.91 Å². The van der Waals surface area contributed by atoms with Crippen molar-refractivity contribution >= 4 is 17.5 Å². The number of H-pyrrole nitrogens is 1. The molecule has 5 nitrogen and oxygen atoms in total. The topological polar surface area (TPSA) is 69.8 Å². The summed E-state index contributed by atoms with van der Waals surface area (Å²) in [4.78, 5) is 12.0. The lowest BCUT2D eigenvalue weighted by Gasteiger charge is -2.09. The first-order valence-electron chi connectivity index (χ1n) is 7.48. The average Bonchev–Trinajstić information content (AvgIpc) is 3.17. The molecule has 1 saturated heterocycles. The average molecular weight is 319 g/mol. The SMILES string of the molecule is O=C(CC1CCNC1)NCc1cn[nH]c1-c1ccc(Cl)cc1. The third-order valence-electron chi connectivity index (χ3n) is 3.96. The largest absolute Gasteiger partial charge is 0.352 e. The van der Waals surface area contributed by atoms with Gasteiger partial charge in [0.1, 0.15) is 0 Å². The summed E-state index contributed by atoms with van der Waals surface area (Å²) in [5.74, 6) is 0.553. The molecule has 3 N–H and O–H groups in total. The number of benzene rings is 1. The van der Waals surface area contributed by atoms with Gasteiger partial charge >= 0.3 is 0 Å². The minimum atomic E-state index is 0.0944. The van der Waals surface area contributed by atoms with E-state index >= 15 is 0 Å². The number of amides is 1. The summed E-state index contributed by atoms with van der Waals surface area (Å²) in [5.41, 5.74) is 2.89. The van der Waals surface area contributed by atoms with Crippen LogP contribution in [0, 0.1) is 5.92 Å². The molecule has 1 aliphatic rings. The van der Waals surface area contributed by atoms with E-state index in [2.05, 4.69) is 20.8 Å². The van der Waals surface area contributed by atoms with Gasteiger partial charge in [-0.05, 0) is 43.1 Å². The number of hydrogen-bond donors (Lipinski definition) is 3. The molecule has 0 saturated carbocycles. The third-order valence-corrected chi connectivity index (χ3v) is 4.22. The number of rotatable bonds is 5. The van der Waals surface area contributed by atoms with E-state index in [1.165, 1.54) is 0 Å². The van der Waals surface area contributed by atoms with Crippen LogP contribution in [0.4, 0.5) is 0 Å². The number of carbonyl (C=O) groups excluding carboxylic acids is 1. The molecule has 1 aliphatic heterocycles. The van der Waals surface area contributed by atoms with Gasteiger partial charge in [0.15, 0.2) is 0 Å². The first kappa shape index (κ1) is 15.1. The van der Waals surface area contributed by atoms with Crippen LogP contribution in [0.5, 0.6) is 0 Å². The maximum atomic E-state index is 12.0. The first-order valence-corrected chi connectivity index (χ1v) is 7.86. The Morgan fingerprint density at radius 1 is 1.36 bits per heavy atom. The van der Waals surface area contributed by atoms with Gasteiger partial charge in [0, 0.05) is 23.6 Å². The van der Waals surface area contributed by atoms with Crippen LogP contribution >= 0.6 is 11.6 Å². The summed E-state index contributed by atoms with van der Waals surface area (Å²) in [5, 5.41) is 14.0. The van der Waals surface area contributed by atoms with E-state index in [9.17, 15) is 4.79 Å². The molecule has 0 radical (unpaired) electrons. The van der Waals surface area contributed by atoms with Crippen LogP contribution in [0.3, 0.4) is 0 Å². The number of carbonyl (C=O) groups is 1. The number of nitrogens with one attached hydrogen (secondary N) is 3. The Hall–Kier alpha value is -1.85. The highest BCUT2D eigenvalue weighted by atomic mass is 35.5. The molecule has 2 aromatic rings. The second-order valence-electron chi connectivity index (χ2n) is 5.62. The van der Waals surface area contributed by atoms with Crippen LogP contribution in [0.2, 0.25) is 5.02 Å². The first-order chi connectivity index (χ1) is 10.7. The Labute approximate surface area is 134 Å². The van der Waals surface area contributed by atoms with E-state index in [0.717, 1.165) is 36.3 Å². The Kier molecular flexibility index (Phi) is 4.75. The Bertz CT molecular complexity index is 632. The fourth-order valence-electron chi connectivity index (χ4n) is 2.73. The van der Waals surface area contributed by atoms with Gasteiger partial charge in [-0.2, -0.15) is 5.10 Å². The minimum Gasteiger partial charge on any atom is -0.352 e. The zero-order valence-electron chi connectivity index (χ0n) is 12.2. The van der Waals surface area contributed by atoms with Crippen LogP contribution in [0.1, 0.15) is 18.4 Å². The summed E-state index contributed by atoms with van der Waals surface area (Å²) in [6.07, 6.45) is 3.41. The van der Waals surface area contributed by atoms with E-state index in [1.807, 2.05) is 24.3 Å². The molecule has 0 spiro atoms. The zero-order chi connectivity index (χ0) is 15.4. The highest BCUT2D eigenvalue weighted by Crippen LogP contribution is 2.23.